The zero-order valence-electron chi connectivity index (χ0n) is 23.2. The van der Waals surface area contributed by atoms with E-state index in [9.17, 15) is 4.79 Å². The van der Waals surface area contributed by atoms with Crippen LogP contribution in [-0.2, 0) is 0 Å². The second-order valence-electron chi connectivity index (χ2n) is 11.7. The van der Waals surface area contributed by atoms with Gasteiger partial charge in [-0.2, -0.15) is 0 Å². The first-order valence-electron chi connectivity index (χ1n) is 14.7. The highest BCUT2D eigenvalue weighted by atomic mass is 16.5. The molecule has 3 unspecified atom stereocenters. The van der Waals surface area contributed by atoms with E-state index >= 15 is 0 Å². The van der Waals surface area contributed by atoms with E-state index in [4.69, 9.17) is 15.9 Å². The van der Waals surface area contributed by atoms with Gasteiger partial charge < -0.3 is 20.7 Å². The summed E-state index contributed by atoms with van der Waals surface area (Å²) in [6, 6.07) is 19.8. The number of anilines is 1. The molecule has 3 fully saturated rings. The molecule has 2 saturated heterocycles. The largest absolute Gasteiger partial charge is 0.490 e. The number of benzene rings is 2. The number of amides is 1. The number of nitrogen functional groups attached to an aromatic ring is 1. The summed E-state index contributed by atoms with van der Waals surface area (Å²) in [7, 11) is 2.23. The molecule has 1 saturated carbocycles. The number of ether oxygens (including phenoxy) is 1. The number of fused-ring (bicyclic) bond motifs is 2. The summed E-state index contributed by atoms with van der Waals surface area (Å²) in [5.41, 5.74) is 9.72. The number of nitrogens with zero attached hydrogens (tertiary/aromatic N) is 2. The van der Waals surface area contributed by atoms with Crippen molar-refractivity contribution in [1.29, 1.82) is 5.41 Å². The molecule has 208 valence electrons. The van der Waals surface area contributed by atoms with E-state index in [1.165, 1.54) is 25.7 Å². The van der Waals surface area contributed by atoms with Crippen molar-refractivity contribution in [2.75, 3.05) is 12.8 Å². The topological polar surface area (TPSA) is 104 Å². The maximum Gasteiger partial charge on any atom is 0.251 e. The van der Waals surface area contributed by atoms with Crippen LogP contribution in [-0.4, -0.2) is 46.7 Å². The number of carbonyl (C=O) groups is 1. The lowest BCUT2D eigenvalue weighted by atomic mass is 9.94. The first-order chi connectivity index (χ1) is 19.5. The molecule has 7 heteroatoms. The monoisotopic (exact) mass is 537 g/mol. The van der Waals surface area contributed by atoms with Crippen molar-refractivity contribution in [2.45, 2.75) is 75.6 Å². The number of nitrogens with one attached hydrogen (secondary N) is 2. The van der Waals surface area contributed by atoms with Crippen LogP contribution in [0.1, 0.15) is 84.6 Å². The quantitative estimate of drug-likeness (QED) is 0.251. The Kier molecular flexibility index (Phi) is 7.57. The highest BCUT2D eigenvalue weighted by Crippen LogP contribution is 2.37. The van der Waals surface area contributed by atoms with E-state index in [0.717, 1.165) is 42.7 Å². The number of hydrogen-bond donors (Lipinski definition) is 3. The minimum absolute atomic E-state index is 0.135. The molecule has 3 aliphatic rings. The van der Waals surface area contributed by atoms with Crippen molar-refractivity contribution < 1.29 is 9.53 Å². The van der Waals surface area contributed by atoms with Crippen molar-refractivity contribution in [3.63, 3.8) is 0 Å². The lowest BCUT2D eigenvalue weighted by Gasteiger charge is -2.36. The van der Waals surface area contributed by atoms with Crippen LogP contribution in [0.15, 0.2) is 66.9 Å². The molecule has 3 aromatic rings. The van der Waals surface area contributed by atoms with E-state index in [0.29, 0.717) is 34.8 Å². The van der Waals surface area contributed by atoms with Crippen molar-refractivity contribution in [1.82, 2.24) is 15.2 Å². The fraction of sp³-hybridized carbons (Fsp3) is 0.424. The number of hydrogen-bond acceptors (Lipinski definition) is 6. The van der Waals surface area contributed by atoms with Gasteiger partial charge in [-0.1, -0.05) is 18.9 Å². The third kappa shape index (κ3) is 5.48. The second kappa shape index (κ2) is 11.4. The van der Waals surface area contributed by atoms with Gasteiger partial charge in [-0.3, -0.25) is 15.2 Å². The molecule has 2 aliphatic heterocycles. The van der Waals surface area contributed by atoms with Crippen LogP contribution in [0.25, 0.3) is 0 Å². The van der Waals surface area contributed by atoms with E-state index in [1.807, 2.05) is 42.5 Å². The lowest BCUT2D eigenvalue weighted by molar-refractivity contribution is 0.0661. The number of carbonyl (C=O) groups excluding carboxylic acids is 1. The van der Waals surface area contributed by atoms with Crippen molar-refractivity contribution in [2.24, 2.45) is 5.92 Å². The molecule has 40 heavy (non-hydrogen) atoms. The Morgan fingerprint density at radius 2 is 1.70 bits per heavy atom. The highest BCUT2D eigenvalue weighted by molar-refractivity contribution is 6.14. The van der Waals surface area contributed by atoms with Crippen LogP contribution < -0.4 is 15.8 Å². The van der Waals surface area contributed by atoms with E-state index < -0.39 is 0 Å². The molecule has 1 amide bonds. The molecule has 2 aromatic carbocycles. The fourth-order valence-electron chi connectivity index (χ4n) is 6.93. The Morgan fingerprint density at radius 3 is 2.38 bits per heavy atom. The van der Waals surface area contributed by atoms with E-state index in [-0.39, 0.29) is 23.8 Å². The van der Waals surface area contributed by atoms with Gasteiger partial charge in [0.05, 0.1) is 17.4 Å². The Hall–Kier alpha value is -3.71. The van der Waals surface area contributed by atoms with Crippen LogP contribution in [0, 0.1) is 11.3 Å². The molecule has 7 nitrogen and oxygen atoms in total. The van der Waals surface area contributed by atoms with Crippen LogP contribution in [0.5, 0.6) is 5.75 Å². The Balaban J connectivity index is 1.15. The van der Waals surface area contributed by atoms with Gasteiger partial charge >= 0.3 is 0 Å². The highest BCUT2D eigenvalue weighted by Gasteiger charge is 2.39. The molecule has 1 aliphatic carbocycles. The molecule has 3 heterocycles. The minimum atomic E-state index is -0.174. The number of pyridine rings is 1. The predicted octanol–water partition coefficient (Wildman–Crippen LogP) is 5.75. The van der Waals surface area contributed by atoms with Crippen LogP contribution >= 0.6 is 0 Å². The average molecular weight is 538 g/mol. The molecule has 0 radical (unpaired) electrons. The minimum Gasteiger partial charge on any atom is -0.490 e. The molecule has 6 rings (SSSR count). The molecule has 4 N–H and O–H groups in total. The van der Waals surface area contributed by atoms with Gasteiger partial charge in [0.1, 0.15) is 11.9 Å². The second-order valence-corrected chi connectivity index (χ2v) is 11.7. The summed E-state index contributed by atoms with van der Waals surface area (Å²) in [5.74, 6) is 1.03. The predicted molar refractivity (Wildman–Crippen MR) is 158 cm³/mol. The van der Waals surface area contributed by atoms with Gasteiger partial charge in [0, 0.05) is 40.7 Å². The summed E-state index contributed by atoms with van der Waals surface area (Å²) >= 11 is 0. The number of piperidine rings is 1. The summed E-state index contributed by atoms with van der Waals surface area (Å²) in [6.45, 7) is 0. The molecule has 3 atom stereocenters. The normalized spacial score (nSPS) is 23.6. The zero-order chi connectivity index (χ0) is 27.6. The number of aromatic nitrogens is 1. The smallest absolute Gasteiger partial charge is 0.251 e. The van der Waals surface area contributed by atoms with Gasteiger partial charge in [-0.05, 0) is 106 Å². The fourth-order valence-corrected chi connectivity index (χ4v) is 6.93. The number of nitrogens with two attached hydrogens (primary N) is 1. The van der Waals surface area contributed by atoms with Crippen LogP contribution in [0.2, 0.25) is 0 Å². The average Bonchev–Trinajstić information content (AvgIpc) is 3.57. The van der Waals surface area contributed by atoms with Crippen LogP contribution in [0.3, 0.4) is 0 Å². The summed E-state index contributed by atoms with van der Waals surface area (Å²) in [6.07, 6.45) is 11.2. The van der Waals surface area contributed by atoms with Crippen molar-refractivity contribution >= 4 is 17.3 Å². The van der Waals surface area contributed by atoms with Gasteiger partial charge in [-0.15, -0.1) is 0 Å². The first-order valence-corrected chi connectivity index (χ1v) is 14.7. The van der Waals surface area contributed by atoms with Gasteiger partial charge in [0.2, 0.25) is 0 Å². The first kappa shape index (κ1) is 26.5. The lowest BCUT2D eigenvalue weighted by Crippen LogP contribution is -2.43. The van der Waals surface area contributed by atoms with E-state index in [2.05, 4.69) is 22.2 Å². The Bertz CT molecular complexity index is 1340. The van der Waals surface area contributed by atoms with Crippen molar-refractivity contribution in [3.05, 3.63) is 89.2 Å². The third-order valence-electron chi connectivity index (χ3n) is 9.25. The Labute approximate surface area is 236 Å². The summed E-state index contributed by atoms with van der Waals surface area (Å²) < 4.78 is 6.33. The third-order valence-corrected chi connectivity index (χ3v) is 9.25. The molecular weight excluding hydrogens is 498 g/mol. The summed E-state index contributed by atoms with van der Waals surface area (Å²) in [5, 5.41) is 12.1. The standard InChI is InChI=1S/C33H39N5O2/c1-38-24-12-13-25(38)20-27(19-24)40-26-14-9-21(10-15-26)31(35)28-18-23(11-16-29(28)34)33(39)37-32(22-6-2-3-7-22)30-8-4-5-17-36-30/h4-5,8-11,14-18,22,24-25,27,32,35H,2-3,6-7,12-13,19-20,34H2,1H3,(H,37,39). The van der Waals surface area contributed by atoms with Gasteiger partial charge in [0.25, 0.3) is 5.91 Å². The van der Waals surface area contributed by atoms with Crippen molar-refractivity contribution in [3.8, 4) is 5.75 Å². The summed E-state index contributed by atoms with van der Waals surface area (Å²) in [4.78, 5) is 20.5. The number of rotatable bonds is 8. The molecule has 0 spiro atoms. The maximum atomic E-state index is 13.4. The van der Waals surface area contributed by atoms with E-state index in [1.54, 1.807) is 24.4 Å². The molecular formula is C33H39N5O2. The SMILES string of the molecule is CN1C2CCC1CC(Oc1ccc(C(=N)c3cc(C(=O)NC(c4ccccn4)C4CCCC4)ccc3N)cc1)C2. The molecule has 2 bridgehead atoms. The Morgan fingerprint density at radius 1 is 1.00 bits per heavy atom. The zero-order valence-corrected chi connectivity index (χ0v) is 23.2. The van der Waals surface area contributed by atoms with Crippen LogP contribution in [0.4, 0.5) is 5.69 Å². The molecule has 1 aromatic heterocycles. The maximum absolute atomic E-state index is 13.4. The van der Waals surface area contributed by atoms with Gasteiger partial charge in [0.15, 0.2) is 0 Å². The van der Waals surface area contributed by atoms with Gasteiger partial charge in [-0.25, -0.2) is 0 Å².